The Morgan fingerprint density at radius 1 is 1.20 bits per heavy atom. The van der Waals surface area contributed by atoms with Gasteiger partial charge in [0.2, 0.25) is 0 Å². The number of benzene rings is 1. The lowest BCUT2D eigenvalue weighted by atomic mass is 10.1. The van der Waals surface area contributed by atoms with Gasteiger partial charge in [-0.25, -0.2) is 0 Å². The van der Waals surface area contributed by atoms with Crippen LogP contribution < -0.4 is 15.8 Å². The molecule has 1 atom stereocenters. The molecule has 3 N–H and O–H groups in total. The van der Waals surface area contributed by atoms with Gasteiger partial charge >= 0.3 is 0 Å². The highest BCUT2D eigenvalue weighted by atomic mass is 16.5. The Hall–Kier alpha value is -1.22. The number of nitrogens with one attached hydrogen (secondary N) is 1. The van der Waals surface area contributed by atoms with Crippen LogP contribution in [-0.2, 0) is 6.42 Å². The van der Waals surface area contributed by atoms with Crippen molar-refractivity contribution in [2.75, 3.05) is 18.9 Å². The summed E-state index contributed by atoms with van der Waals surface area (Å²) >= 11 is 0. The molecule has 0 saturated carbocycles. The van der Waals surface area contributed by atoms with Gasteiger partial charge in [0.1, 0.15) is 5.75 Å². The van der Waals surface area contributed by atoms with Gasteiger partial charge in [0.25, 0.3) is 0 Å². The van der Waals surface area contributed by atoms with Crippen molar-refractivity contribution < 1.29 is 4.74 Å². The zero-order chi connectivity index (χ0) is 14.8. The average molecular weight is 278 g/mol. The largest absolute Gasteiger partial charge is 0.491 e. The second-order valence-corrected chi connectivity index (χ2v) is 5.49. The average Bonchev–Trinajstić information content (AvgIpc) is 2.43. The molecule has 0 aromatic heterocycles. The molecule has 3 heteroatoms. The van der Waals surface area contributed by atoms with E-state index in [4.69, 9.17) is 10.5 Å². The minimum absolute atomic E-state index is 0.480. The maximum atomic E-state index is 6.03. The lowest BCUT2D eigenvalue weighted by Gasteiger charge is -2.15. The van der Waals surface area contributed by atoms with Gasteiger partial charge in [-0.2, -0.15) is 0 Å². The van der Waals surface area contributed by atoms with Gasteiger partial charge in [0, 0.05) is 6.04 Å². The molecule has 0 aliphatic heterocycles. The molecule has 0 amide bonds. The lowest BCUT2D eigenvalue weighted by molar-refractivity contribution is 0.319. The Labute approximate surface area is 123 Å². The van der Waals surface area contributed by atoms with Crippen LogP contribution in [0.3, 0.4) is 0 Å². The van der Waals surface area contributed by atoms with Crippen molar-refractivity contribution in [2.45, 2.75) is 58.9 Å². The Morgan fingerprint density at radius 3 is 2.65 bits per heavy atom. The predicted molar refractivity (Wildman–Crippen MR) is 87.3 cm³/mol. The van der Waals surface area contributed by atoms with Crippen LogP contribution >= 0.6 is 0 Å². The summed E-state index contributed by atoms with van der Waals surface area (Å²) in [4.78, 5) is 0. The maximum Gasteiger partial charge on any atom is 0.142 e. The molecule has 0 saturated heterocycles. The van der Waals surface area contributed by atoms with Crippen molar-refractivity contribution in [2.24, 2.45) is 0 Å². The number of hydrogen-bond donors (Lipinski definition) is 2. The molecule has 1 rings (SSSR count). The molecule has 1 unspecified atom stereocenters. The molecule has 114 valence electrons. The Morgan fingerprint density at radius 2 is 2.00 bits per heavy atom. The molecule has 1 aromatic carbocycles. The summed E-state index contributed by atoms with van der Waals surface area (Å²) in [7, 11) is 0. The Balaban J connectivity index is 2.41. The van der Waals surface area contributed by atoms with E-state index >= 15 is 0 Å². The van der Waals surface area contributed by atoms with Crippen LogP contribution in [0.2, 0.25) is 0 Å². The number of unbranched alkanes of at least 4 members (excludes halogenated alkanes) is 2. The highest BCUT2D eigenvalue weighted by Crippen LogP contribution is 2.23. The Kier molecular flexibility index (Phi) is 8.12. The molecule has 0 fully saturated rings. The number of hydrogen-bond acceptors (Lipinski definition) is 3. The van der Waals surface area contributed by atoms with Crippen LogP contribution in [-0.4, -0.2) is 19.2 Å². The molecule has 3 nitrogen and oxygen atoms in total. The summed E-state index contributed by atoms with van der Waals surface area (Å²) in [5, 5.41) is 3.56. The van der Waals surface area contributed by atoms with E-state index in [9.17, 15) is 0 Å². The third kappa shape index (κ3) is 6.29. The SMILES string of the molecule is CCCCCNC(C)Cc1ccc(OCCC)c(N)c1. The highest BCUT2D eigenvalue weighted by molar-refractivity contribution is 5.54. The molecular weight excluding hydrogens is 248 g/mol. The van der Waals surface area contributed by atoms with Gasteiger partial charge in [0.15, 0.2) is 0 Å². The summed E-state index contributed by atoms with van der Waals surface area (Å²) in [5.41, 5.74) is 8.04. The number of ether oxygens (including phenoxy) is 1. The first-order chi connectivity index (χ1) is 9.67. The fraction of sp³-hybridized carbons (Fsp3) is 0.647. The molecule has 0 aliphatic rings. The first-order valence-corrected chi connectivity index (χ1v) is 7.92. The highest BCUT2D eigenvalue weighted by Gasteiger charge is 2.06. The molecule has 20 heavy (non-hydrogen) atoms. The van der Waals surface area contributed by atoms with Crippen molar-refractivity contribution in [3.05, 3.63) is 23.8 Å². The van der Waals surface area contributed by atoms with E-state index in [1.165, 1.54) is 24.8 Å². The van der Waals surface area contributed by atoms with Crippen LogP contribution in [0.1, 0.15) is 52.0 Å². The van der Waals surface area contributed by atoms with Gasteiger partial charge in [-0.05, 0) is 50.4 Å². The second kappa shape index (κ2) is 9.65. The molecule has 1 aromatic rings. The molecule has 0 bridgehead atoms. The van der Waals surface area contributed by atoms with E-state index in [2.05, 4.69) is 32.2 Å². The summed E-state index contributed by atoms with van der Waals surface area (Å²) in [6.45, 7) is 8.37. The van der Waals surface area contributed by atoms with Gasteiger partial charge < -0.3 is 15.8 Å². The van der Waals surface area contributed by atoms with Crippen molar-refractivity contribution in [1.82, 2.24) is 5.32 Å². The van der Waals surface area contributed by atoms with Gasteiger partial charge in [-0.1, -0.05) is 32.8 Å². The maximum absolute atomic E-state index is 6.03. The lowest BCUT2D eigenvalue weighted by Crippen LogP contribution is -2.29. The van der Waals surface area contributed by atoms with Crippen LogP contribution in [0.5, 0.6) is 5.75 Å². The third-order valence-corrected chi connectivity index (χ3v) is 3.35. The summed E-state index contributed by atoms with van der Waals surface area (Å²) < 4.78 is 5.60. The van der Waals surface area contributed by atoms with Crippen molar-refractivity contribution >= 4 is 5.69 Å². The summed E-state index contributed by atoms with van der Waals surface area (Å²) in [6.07, 6.45) is 5.83. The standard InChI is InChI=1S/C17H30N2O/c1-4-6-7-10-19-14(3)12-15-8-9-17(16(18)13-15)20-11-5-2/h8-9,13-14,19H,4-7,10-12,18H2,1-3H3. The normalized spacial score (nSPS) is 12.3. The number of rotatable bonds is 10. The van der Waals surface area contributed by atoms with Crippen LogP contribution in [0, 0.1) is 0 Å². The summed E-state index contributed by atoms with van der Waals surface area (Å²) in [5.74, 6) is 0.805. The van der Waals surface area contributed by atoms with E-state index in [-0.39, 0.29) is 0 Å². The van der Waals surface area contributed by atoms with E-state index in [0.717, 1.165) is 37.4 Å². The van der Waals surface area contributed by atoms with Crippen molar-refractivity contribution in [3.63, 3.8) is 0 Å². The minimum Gasteiger partial charge on any atom is -0.491 e. The smallest absolute Gasteiger partial charge is 0.142 e. The van der Waals surface area contributed by atoms with Crippen molar-refractivity contribution in [1.29, 1.82) is 0 Å². The zero-order valence-electron chi connectivity index (χ0n) is 13.2. The van der Waals surface area contributed by atoms with Crippen LogP contribution in [0.25, 0.3) is 0 Å². The topological polar surface area (TPSA) is 47.3 Å². The van der Waals surface area contributed by atoms with Gasteiger partial charge in [-0.15, -0.1) is 0 Å². The fourth-order valence-electron chi connectivity index (χ4n) is 2.22. The molecular formula is C17H30N2O. The van der Waals surface area contributed by atoms with Crippen LogP contribution in [0.15, 0.2) is 18.2 Å². The van der Waals surface area contributed by atoms with Gasteiger partial charge in [0.05, 0.1) is 12.3 Å². The molecule has 0 aliphatic carbocycles. The fourth-order valence-corrected chi connectivity index (χ4v) is 2.22. The van der Waals surface area contributed by atoms with Gasteiger partial charge in [-0.3, -0.25) is 0 Å². The predicted octanol–water partition coefficient (Wildman–Crippen LogP) is 3.77. The summed E-state index contributed by atoms with van der Waals surface area (Å²) in [6, 6.07) is 6.62. The number of nitrogen functional groups attached to an aromatic ring is 1. The van der Waals surface area contributed by atoms with E-state index in [1.54, 1.807) is 0 Å². The monoisotopic (exact) mass is 278 g/mol. The van der Waals surface area contributed by atoms with E-state index < -0.39 is 0 Å². The van der Waals surface area contributed by atoms with E-state index in [0.29, 0.717) is 6.04 Å². The minimum atomic E-state index is 0.480. The Bertz CT molecular complexity index is 379. The van der Waals surface area contributed by atoms with E-state index in [1.807, 2.05) is 12.1 Å². The number of nitrogens with two attached hydrogens (primary N) is 1. The second-order valence-electron chi connectivity index (χ2n) is 5.49. The number of anilines is 1. The first-order valence-electron chi connectivity index (χ1n) is 7.92. The van der Waals surface area contributed by atoms with Crippen molar-refractivity contribution in [3.8, 4) is 5.75 Å². The quantitative estimate of drug-likeness (QED) is 0.506. The first kappa shape index (κ1) is 16.8. The molecule has 0 heterocycles. The third-order valence-electron chi connectivity index (χ3n) is 3.35. The molecule has 0 spiro atoms. The zero-order valence-corrected chi connectivity index (χ0v) is 13.2. The van der Waals surface area contributed by atoms with Crippen LogP contribution in [0.4, 0.5) is 5.69 Å². The molecule has 0 radical (unpaired) electrons.